The number of aliphatic hydroxyl groups excluding tert-OH is 1. The van der Waals surface area contributed by atoms with Gasteiger partial charge in [0.15, 0.2) is 9.84 Å². The van der Waals surface area contributed by atoms with Gasteiger partial charge in [0.2, 0.25) is 0 Å². The van der Waals surface area contributed by atoms with Crippen LogP contribution in [-0.4, -0.2) is 63.8 Å². The molecule has 0 aliphatic heterocycles. The third-order valence-electron chi connectivity index (χ3n) is 6.60. The Morgan fingerprint density at radius 3 is 2.32 bits per heavy atom. The lowest BCUT2D eigenvalue weighted by atomic mass is 9.99. The number of carbonyl (C=O) groups is 1. The van der Waals surface area contributed by atoms with E-state index >= 15 is 0 Å². The van der Waals surface area contributed by atoms with E-state index in [4.69, 9.17) is 9.57 Å². The first-order chi connectivity index (χ1) is 20.7. The average molecular weight is 632 g/mol. The SMILES string of the molecule is COc1cccc(CNC[C@@H](O)[C@H](Cc2cc(F)cc(F)c2)NC(=O)c2cc(C(C)=NOCC(C)C)cc(S(C)(=O)=O)c2)c1. The molecule has 3 N–H and O–H groups in total. The number of sulfone groups is 1. The second-order valence-corrected chi connectivity index (χ2v) is 13.0. The standard InChI is InChI=1S/C32H39F2N3O6S/c1-20(2)19-43-37-21(3)24-13-25(15-29(14-24)44(5,40)41)32(39)36-30(12-23-9-26(33)16-27(34)10-23)31(38)18-35-17-22-7-6-8-28(11-22)42-4/h6-11,13-16,20,30-31,35,38H,12,17-19H2,1-5H3,(H,36,39)/t30-,31+/m0/s1. The van der Waals surface area contributed by atoms with Crippen LogP contribution in [0.1, 0.15) is 47.8 Å². The minimum atomic E-state index is -3.72. The number of nitrogens with zero attached hydrogens (tertiary/aromatic N) is 1. The highest BCUT2D eigenvalue weighted by Gasteiger charge is 2.24. The van der Waals surface area contributed by atoms with Crippen LogP contribution >= 0.6 is 0 Å². The maximum atomic E-state index is 14.0. The molecule has 0 bridgehead atoms. The highest BCUT2D eigenvalue weighted by atomic mass is 32.2. The van der Waals surface area contributed by atoms with E-state index in [1.807, 2.05) is 32.0 Å². The number of ether oxygens (including phenoxy) is 1. The molecule has 1 amide bonds. The normalized spacial score (nSPS) is 13.4. The van der Waals surface area contributed by atoms with Crippen molar-refractivity contribution >= 4 is 21.5 Å². The number of carbonyl (C=O) groups excluding carboxylic acids is 1. The van der Waals surface area contributed by atoms with E-state index in [2.05, 4.69) is 15.8 Å². The Kier molecular flexibility index (Phi) is 12.4. The van der Waals surface area contributed by atoms with Crippen molar-refractivity contribution in [3.05, 3.63) is 94.6 Å². The summed E-state index contributed by atoms with van der Waals surface area (Å²) in [5, 5.41) is 21.0. The summed E-state index contributed by atoms with van der Waals surface area (Å²) in [6.45, 7) is 6.28. The second kappa shape index (κ2) is 15.7. The first-order valence-corrected chi connectivity index (χ1v) is 15.9. The van der Waals surface area contributed by atoms with E-state index in [9.17, 15) is 27.1 Å². The van der Waals surface area contributed by atoms with Crippen molar-refractivity contribution in [2.75, 3.05) is 26.5 Å². The zero-order valence-corrected chi connectivity index (χ0v) is 26.3. The van der Waals surface area contributed by atoms with E-state index in [1.165, 1.54) is 18.2 Å². The van der Waals surface area contributed by atoms with Gasteiger partial charge in [0.25, 0.3) is 5.91 Å². The van der Waals surface area contributed by atoms with E-state index in [1.54, 1.807) is 20.1 Å². The van der Waals surface area contributed by atoms with Gasteiger partial charge in [-0.25, -0.2) is 17.2 Å². The zero-order valence-electron chi connectivity index (χ0n) is 25.4. The van der Waals surface area contributed by atoms with Gasteiger partial charge in [-0.3, -0.25) is 4.79 Å². The maximum Gasteiger partial charge on any atom is 0.251 e. The maximum absolute atomic E-state index is 14.0. The number of hydrogen-bond acceptors (Lipinski definition) is 8. The van der Waals surface area contributed by atoms with Gasteiger partial charge < -0.3 is 25.3 Å². The lowest BCUT2D eigenvalue weighted by Crippen LogP contribution is -2.48. The Hall–Kier alpha value is -3.87. The summed E-state index contributed by atoms with van der Waals surface area (Å²) in [6.07, 6.45) is -0.278. The van der Waals surface area contributed by atoms with E-state index in [-0.39, 0.29) is 34.9 Å². The van der Waals surface area contributed by atoms with Crippen LogP contribution in [0.4, 0.5) is 8.78 Å². The van der Waals surface area contributed by atoms with Gasteiger partial charge in [-0.2, -0.15) is 0 Å². The summed E-state index contributed by atoms with van der Waals surface area (Å²) in [5.74, 6) is -1.39. The van der Waals surface area contributed by atoms with Crippen LogP contribution in [0.3, 0.4) is 0 Å². The molecule has 9 nitrogen and oxygen atoms in total. The van der Waals surface area contributed by atoms with Gasteiger partial charge in [0, 0.05) is 36.5 Å². The van der Waals surface area contributed by atoms with Crippen LogP contribution in [0.5, 0.6) is 5.75 Å². The predicted octanol–water partition coefficient (Wildman–Crippen LogP) is 4.27. The third-order valence-corrected chi connectivity index (χ3v) is 7.69. The molecule has 0 saturated carbocycles. The van der Waals surface area contributed by atoms with Gasteiger partial charge in [-0.15, -0.1) is 0 Å². The van der Waals surface area contributed by atoms with Crippen molar-refractivity contribution in [3.8, 4) is 5.75 Å². The second-order valence-electron chi connectivity index (χ2n) is 11.0. The molecule has 238 valence electrons. The molecule has 3 rings (SSSR count). The van der Waals surface area contributed by atoms with Crippen LogP contribution < -0.4 is 15.4 Å². The fraction of sp³-hybridized carbons (Fsp3) is 0.375. The first kappa shape index (κ1) is 34.6. The number of halogens is 2. The molecule has 0 radical (unpaired) electrons. The van der Waals surface area contributed by atoms with Crippen molar-refractivity contribution in [1.29, 1.82) is 0 Å². The van der Waals surface area contributed by atoms with Crippen molar-refractivity contribution < 1.29 is 36.7 Å². The topological polar surface area (TPSA) is 126 Å². The van der Waals surface area contributed by atoms with Crippen LogP contribution in [0.2, 0.25) is 0 Å². The Balaban J connectivity index is 1.88. The molecular formula is C32H39F2N3O6S. The molecule has 3 aromatic carbocycles. The highest BCUT2D eigenvalue weighted by Crippen LogP contribution is 2.19. The minimum Gasteiger partial charge on any atom is -0.497 e. The number of benzene rings is 3. The van der Waals surface area contributed by atoms with E-state index < -0.39 is 39.5 Å². The van der Waals surface area contributed by atoms with Crippen molar-refractivity contribution in [2.45, 2.75) is 50.8 Å². The summed E-state index contributed by atoms with van der Waals surface area (Å²) in [4.78, 5) is 18.8. The Labute approximate surface area is 257 Å². The lowest BCUT2D eigenvalue weighted by molar-refractivity contribution is 0.0829. The summed E-state index contributed by atoms with van der Waals surface area (Å²) < 4.78 is 58.1. The number of hydrogen-bond donors (Lipinski definition) is 3. The van der Waals surface area contributed by atoms with E-state index in [0.717, 1.165) is 30.0 Å². The van der Waals surface area contributed by atoms with Gasteiger partial charge in [0.1, 0.15) is 24.0 Å². The van der Waals surface area contributed by atoms with Crippen LogP contribution in [-0.2, 0) is 27.6 Å². The molecule has 0 saturated heterocycles. The van der Waals surface area contributed by atoms with Crippen molar-refractivity contribution in [1.82, 2.24) is 10.6 Å². The van der Waals surface area contributed by atoms with Gasteiger partial charge >= 0.3 is 0 Å². The number of methoxy groups -OCH3 is 1. The molecule has 0 aliphatic rings. The summed E-state index contributed by atoms with van der Waals surface area (Å²) in [5.41, 5.74) is 1.82. The van der Waals surface area contributed by atoms with Crippen LogP contribution in [0, 0.1) is 17.6 Å². The van der Waals surface area contributed by atoms with E-state index in [0.29, 0.717) is 30.2 Å². The van der Waals surface area contributed by atoms with Gasteiger partial charge in [0.05, 0.1) is 29.9 Å². The monoisotopic (exact) mass is 631 g/mol. The number of amides is 1. The molecule has 44 heavy (non-hydrogen) atoms. The molecule has 3 aromatic rings. The van der Waals surface area contributed by atoms with Crippen LogP contribution in [0.25, 0.3) is 0 Å². The summed E-state index contributed by atoms with van der Waals surface area (Å²) >= 11 is 0. The molecule has 0 unspecified atom stereocenters. The molecular weight excluding hydrogens is 592 g/mol. The van der Waals surface area contributed by atoms with Gasteiger partial charge in [-0.05, 0) is 72.9 Å². The fourth-order valence-electron chi connectivity index (χ4n) is 4.30. The van der Waals surface area contributed by atoms with Crippen molar-refractivity contribution in [2.24, 2.45) is 11.1 Å². The number of rotatable bonds is 15. The highest BCUT2D eigenvalue weighted by molar-refractivity contribution is 7.90. The lowest BCUT2D eigenvalue weighted by Gasteiger charge is -2.25. The molecule has 0 heterocycles. The average Bonchev–Trinajstić information content (AvgIpc) is 2.95. The Morgan fingerprint density at radius 2 is 1.68 bits per heavy atom. The smallest absolute Gasteiger partial charge is 0.251 e. The zero-order chi connectivity index (χ0) is 32.4. The Morgan fingerprint density at radius 1 is 1.00 bits per heavy atom. The number of aliphatic hydroxyl groups is 1. The number of oxime groups is 1. The fourth-order valence-corrected chi connectivity index (χ4v) is 4.98. The van der Waals surface area contributed by atoms with Crippen LogP contribution in [0.15, 0.2) is 70.7 Å². The summed E-state index contributed by atoms with van der Waals surface area (Å²) in [7, 11) is -2.16. The predicted molar refractivity (Wildman–Crippen MR) is 165 cm³/mol. The molecule has 12 heteroatoms. The number of nitrogens with one attached hydrogen (secondary N) is 2. The molecule has 0 fully saturated rings. The minimum absolute atomic E-state index is 0.00621. The van der Waals surface area contributed by atoms with Crippen molar-refractivity contribution in [3.63, 3.8) is 0 Å². The van der Waals surface area contributed by atoms with Gasteiger partial charge in [-0.1, -0.05) is 31.1 Å². The Bertz CT molecular complexity index is 1560. The quantitative estimate of drug-likeness (QED) is 0.169. The molecule has 0 aliphatic carbocycles. The molecule has 0 aromatic heterocycles. The largest absolute Gasteiger partial charge is 0.497 e. The third kappa shape index (κ3) is 10.7. The summed E-state index contributed by atoms with van der Waals surface area (Å²) in [6, 6.07) is 13.4. The first-order valence-electron chi connectivity index (χ1n) is 14.0. The molecule has 2 atom stereocenters. The molecule has 0 spiro atoms.